The number of hydrogen-bond donors (Lipinski definition) is 0. The number of benzene rings is 2. The molecule has 0 spiro atoms. The molecule has 7 nitrogen and oxygen atoms in total. The van der Waals surface area contributed by atoms with Crippen molar-refractivity contribution in [3.05, 3.63) is 61.6 Å². The zero-order chi connectivity index (χ0) is 20.5. The Kier molecular flexibility index (Phi) is 6.59. The summed E-state index contributed by atoms with van der Waals surface area (Å²) in [5, 5.41) is 9.81. The Labute approximate surface area is 174 Å². The SMILES string of the molecule is CC(C(=O)Cl)N(c1cc([N+](=O)[O-])ccc1Cl)S(=O)(=O)c1cc(Cl)ccc1Cl. The third-order valence-corrected chi connectivity index (χ3v) is 6.72. The highest BCUT2D eigenvalue weighted by Crippen LogP contribution is 2.37. The average Bonchev–Trinajstić information content (AvgIpc) is 2.58. The van der Waals surface area contributed by atoms with Crippen molar-refractivity contribution in [3.63, 3.8) is 0 Å². The van der Waals surface area contributed by atoms with E-state index >= 15 is 0 Å². The Bertz CT molecular complexity index is 1030. The lowest BCUT2D eigenvalue weighted by Gasteiger charge is -2.29. The van der Waals surface area contributed by atoms with E-state index in [9.17, 15) is 23.3 Å². The standard InChI is InChI=1S/C15H10Cl4N2O5S/c1-8(15(19)22)20(13-7-10(21(23)24)3-5-11(13)17)27(25,26)14-6-9(16)2-4-12(14)18/h2-8H,1H3. The molecule has 27 heavy (non-hydrogen) atoms. The monoisotopic (exact) mass is 470 g/mol. The van der Waals surface area contributed by atoms with Gasteiger partial charge in [0, 0.05) is 17.2 Å². The normalized spacial score (nSPS) is 12.5. The average molecular weight is 472 g/mol. The second kappa shape index (κ2) is 8.20. The fraction of sp³-hybridized carbons (Fsp3) is 0.133. The van der Waals surface area contributed by atoms with E-state index in [1.165, 1.54) is 19.1 Å². The Morgan fingerprint density at radius 1 is 1.11 bits per heavy atom. The summed E-state index contributed by atoms with van der Waals surface area (Å²) in [6, 6.07) is 5.45. The Hall–Kier alpha value is -1.58. The topological polar surface area (TPSA) is 97.6 Å². The van der Waals surface area contributed by atoms with Gasteiger partial charge in [0.1, 0.15) is 10.9 Å². The fourth-order valence-electron chi connectivity index (χ4n) is 2.20. The Balaban J connectivity index is 2.81. The van der Waals surface area contributed by atoms with Crippen LogP contribution in [-0.2, 0) is 14.8 Å². The minimum Gasteiger partial charge on any atom is -0.279 e. The van der Waals surface area contributed by atoms with Crippen molar-refractivity contribution in [2.75, 3.05) is 4.31 Å². The van der Waals surface area contributed by atoms with Crippen molar-refractivity contribution in [2.45, 2.75) is 17.9 Å². The van der Waals surface area contributed by atoms with Gasteiger partial charge >= 0.3 is 0 Å². The van der Waals surface area contributed by atoms with Crippen LogP contribution < -0.4 is 4.31 Å². The maximum Gasteiger partial charge on any atom is 0.271 e. The quantitative estimate of drug-likeness (QED) is 0.339. The number of carbonyl (C=O) groups is 1. The predicted octanol–water partition coefficient (Wildman–Crippen LogP) is 4.90. The third kappa shape index (κ3) is 4.47. The lowest BCUT2D eigenvalue weighted by molar-refractivity contribution is -0.384. The van der Waals surface area contributed by atoms with Crippen LogP contribution in [0.2, 0.25) is 15.1 Å². The number of anilines is 1. The third-order valence-electron chi connectivity index (χ3n) is 3.49. The van der Waals surface area contributed by atoms with Gasteiger partial charge in [-0.2, -0.15) is 0 Å². The first-order chi connectivity index (χ1) is 12.5. The minimum absolute atomic E-state index is 0.0768. The van der Waals surface area contributed by atoms with Crippen LogP contribution in [0.1, 0.15) is 6.92 Å². The summed E-state index contributed by atoms with van der Waals surface area (Å²) in [5.74, 6) is 0. The van der Waals surface area contributed by atoms with Crippen LogP contribution in [-0.4, -0.2) is 24.6 Å². The van der Waals surface area contributed by atoms with Gasteiger partial charge in [-0.3, -0.25) is 19.2 Å². The highest BCUT2D eigenvalue weighted by Gasteiger charge is 2.36. The molecule has 1 atom stereocenters. The molecule has 0 aliphatic heterocycles. The van der Waals surface area contributed by atoms with Crippen molar-refractivity contribution < 1.29 is 18.1 Å². The summed E-state index contributed by atoms with van der Waals surface area (Å²) in [5.41, 5.74) is -0.732. The van der Waals surface area contributed by atoms with E-state index in [-0.39, 0.29) is 20.8 Å². The number of carbonyl (C=O) groups excluding carboxylic acids is 1. The van der Waals surface area contributed by atoms with Crippen molar-refractivity contribution in [1.29, 1.82) is 0 Å². The van der Waals surface area contributed by atoms with Crippen LogP contribution in [0.25, 0.3) is 0 Å². The number of rotatable bonds is 6. The summed E-state index contributed by atoms with van der Waals surface area (Å²) in [4.78, 5) is 21.7. The second-order valence-corrected chi connectivity index (χ2v) is 8.66. The molecule has 0 N–H and O–H groups in total. The molecule has 0 aliphatic carbocycles. The van der Waals surface area contributed by atoms with Gasteiger partial charge in [-0.25, -0.2) is 8.42 Å². The van der Waals surface area contributed by atoms with Gasteiger partial charge in [0.15, 0.2) is 0 Å². The molecular formula is C15H10Cl4N2O5S. The molecule has 0 radical (unpaired) electrons. The Morgan fingerprint density at radius 3 is 2.26 bits per heavy atom. The molecule has 12 heteroatoms. The van der Waals surface area contributed by atoms with E-state index in [0.29, 0.717) is 4.31 Å². The molecule has 0 saturated carbocycles. The zero-order valence-electron chi connectivity index (χ0n) is 13.4. The zero-order valence-corrected chi connectivity index (χ0v) is 17.2. The lowest BCUT2D eigenvalue weighted by Crippen LogP contribution is -2.42. The summed E-state index contributed by atoms with van der Waals surface area (Å²) >= 11 is 23.4. The number of nitrogens with zero attached hydrogens (tertiary/aromatic N) is 2. The molecule has 0 fully saturated rings. The summed E-state index contributed by atoms with van der Waals surface area (Å²) < 4.78 is 27.0. The molecule has 0 heterocycles. The number of nitro benzene ring substituents is 1. The van der Waals surface area contributed by atoms with Crippen molar-refractivity contribution in [3.8, 4) is 0 Å². The first-order valence-corrected chi connectivity index (χ1v) is 10.0. The van der Waals surface area contributed by atoms with Crippen LogP contribution in [0.15, 0.2) is 41.3 Å². The van der Waals surface area contributed by atoms with Gasteiger partial charge in [-0.1, -0.05) is 34.8 Å². The molecule has 2 rings (SSSR count). The van der Waals surface area contributed by atoms with E-state index in [4.69, 9.17) is 46.4 Å². The highest BCUT2D eigenvalue weighted by molar-refractivity contribution is 7.93. The first kappa shape index (κ1) is 21.7. The second-order valence-electron chi connectivity index (χ2n) is 5.25. The molecule has 144 valence electrons. The van der Waals surface area contributed by atoms with E-state index in [1.807, 2.05) is 0 Å². The maximum atomic E-state index is 13.2. The summed E-state index contributed by atoms with van der Waals surface area (Å²) in [6.45, 7) is 1.21. The molecule has 0 aromatic heterocycles. The van der Waals surface area contributed by atoms with Gasteiger partial charge in [0.25, 0.3) is 15.7 Å². The van der Waals surface area contributed by atoms with E-state index < -0.39 is 36.8 Å². The highest BCUT2D eigenvalue weighted by atomic mass is 35.5. The predicted molar refractivity (Wildman–Crippen MR) is 105 cm³/mol. The van der Waals surface area contributed by atoms with E-state index in [0.717, 1.165) is 24.3 Å². The summed E-state index contributed by atoms with van der Waals surface area (Å²) in [7, 11) is -4.51. The Morgan fingerprint density at radius 2 is 1.70 bits per heavy atom. The van der Waals surface area contributed by atoms with Crippen LogP contribution in [0.5, 0.6) is 0 Å². The fourth-order valence-corrected chi connectivity index (χ4v) is 4.99. The van der Waals surface area contributed by atoms with E-state index in [1.54, 1.807) is 0 Å². The van der Waals surface area contributed by atoms with Crippen LogP contribution >= 0.6 is 46.4 Å². The van der Waals surface area contributed by atoms with Crippen molar-refractivity contribution in [2.24, 2.45) is 0 Å². The smallest absolute Gasteiger partial charge is 0.271 e. The molecule has 1 unspecified atom stereocenters. The van der Waals surface area contributed by atoms with Crippen LogP contribution in [0.3, 0.4) is 0 Å². The van der Waals surface area contributed by atoms with Crippen LogP contribution in [0.4, 0.5) is 11.4 Å². The molecule has 2 aromatic carbocycles. The largest absolute Gasteiger partial charge is 0.279 e. The number of halogens is 4. The van der Waals surface area contributed by atoms with Gasteiger partial charge in [0.2, 0.25) is 5.24 Å². The molecule has 2 aromatic rings. The number of nitro groups is 1. The number of non-ortho nitro benzene ring substituents is 1. The van der Waals surface area contributed by atoms with E-state index in [2.05, 4.69) is 0 Å². The molecule has 0 bridgehead atoms. The van der Waals surface area contributed by atoms with Gasteiger partial charge < -0.3 is 0 Å². The molecule has 0 amide bonds. The lowest BCUT2D eigenvalue weighted by atomic mass is 10.2. The number of sulfonamides is 1. The number of hydrogen-bond acceptors (Lipinski definition) is 5. The molecular weight excluding hydrogens is 462 g/mol. The summed E-state index contributed by atoms with van der Waals surface area (Å²) in [6.07, 6.45) is 0. The van der Waals surface area contributed by atoms with Gasteiger partial charge in [-0.05, 0) is 42.8 Å². The van der Waals surface area contributed by atoms with Crippen molar-refractivity contribution in [1.82, 2.24) is 0 Å². The maximum absolute atomic E-state index is 13.2. The van der Waals surface area contributed by atoms with Crippen molar-refractivity contribution >= 4 is 73.0 Å². The van der Waals surface area contributed by atoms with Crippen LogP contribution in [0, 0.1) is 10.1 Å². The molecule has 0 aliphatic rings. The van der Waals surface area contributed by atoms with Gasteiger partial charge in [-0.15, -0.1) is 0 Å². The minimum atomic E-state index is -4.51. The van der Waals surface area contributed by atoms with Gasteiger partial charge in [0.05, 0.1) is 20.7 Å². The first-order valence-electron chi connectivity index (χ1n) is 7.09. The molecule has 0 saturated heterocycles.